The van der Waals surface area contributed by atoms with Crippen molar-refractivity contribution in [2.45, 2.75) is 58.0 Å². The van der Waals surface area contributed by atoms with Crippen LogP contribution in [0.25, 0.3) is 0 Å². The molecule has 0 amide bonds. The van der Waals surface area contributed by atoms with Gasteiger partial charge in [-0.25, -0.2) is 0 Å². The molecule has 1 aromatic rings. The number of hydrogen-bond acceptors (Lipinski definition) is 3. The number of rotatable bonds is 6. The van der Waals surface area contributed by atoms with Crippen LogP contribution in [-0.2, 0) is 6.54 Å². The highest BCUT2D eigenvalue weighted by Crippen LogP contribution is 2.28. The predicted octanol–water partition coefficient (Wildman–Crippen LogP) is 4.81. The van der Waals surface area contributed by atoms with E-state index in [0.29, 0.717) is 6.04 Å². The highest BCUT2D eigenvalue weighted by atomic mass is 79.9. The molecule has 116 valence electrons. The molecule has 0 saturated heterocycles. The van der Waals surface area contributed by atoms with Crippen LogP contribution in [0.15, 0.2) is 22.7 Å². The molecule has 0 radical (unpaired) electrons. The molecule has 2 rings (SSSR count). The molecule has 5 heteroatoms. The topological polar surface area (TPSA) is 55.2 Å². The maximum atomic E-state index is 10.7. The van der Waals surface area contributed by atoms with Crippen LogP contribution in [0.4, 0.5) is 5.69 Å². The SMILES string of the molecule is CCCC1CCC(NCc2ccc([N+](=O)[O-])cc2Br)CC1. The van der Waals surface area contributed by atoms with Gasteiger partial charge in [0.2, 0.25) is 0 Å². The van der Waals surface area contributed by atoms with Crippen molar-refractivity contribution in [2.75, 3.05) is 0 Å². The predicted molar refractivity (Wildman–Crippen MR) is 88.3 cm³/mol. The second-order valence-corrected chi connectivity index (χ2v) is 6.77. The summed E-state index contributed by atoms with van der Waals surface area (Å²) in [5, 5.41) is 14.3. The number of nitro benzene ring substituents is 1. The monoisotopic (exact) mass is 354 g/mol. The van der Waals surface area contributed by atoms with Gasteiger partial charge in [-0.05, 0) is 43.2 Å². The molecule has 21 heavy (non-hydrogen) atoms. The minimum absolute atomic E-state index is 0.130. The molecule has 0 aliphatic heterocycles. The van der Waals surface area contributed by atoms with Gasteiger partial charge in [-0.1, -0.05) is 35.7 Å². The summed E-state index contributed by atoms with van der Waals surface area (Å²) in [5.74, 6) is 0.916. The smallest absolute Gasteiger partial charge is 0.270 e. The Kier molecular flexibility index (Phi) is 6.18. The van der Waals surface area contributed by atoms with E-state index in [0.717, 1.165) is 22.5 Å². The van der Waals surface area contributed by atoms with Crippen LogP contribution in [0.3, 0.4) is 0 Å². The third-order valence-electron chi connectivity index (χ3n) is 4.37. The first kappa shape index (κ1) is 16.4. The van der Waals surface area contributed by atoms with Crippen molar-refractivity contribution < 1.29 is 4.92 Å². The summed E-state index contributed by atoms with van der Waals surface area (Å²) in [6, 6.07) is 5.56. The Balaban J connectivity index is 1.82. The van der Waals surface area contributed by atoms with Gasteiger partial charge in [-0.15, -0.1) is 0 Å². The summed E-state index contributed by atoms with van der Waals surface area (Å²) in [4.78, 5) is 10.4. The average Bonchev–Trinajstić information content (AvgIpc) is 2.47. The van der Waals surface area contributed by atoms with Crippen molar-refractivity contribution in [1.29, 1.82) is 0 Å². The second-order valence-electron chi connectivity index (χ2n) is 5.92. The van der Waals surface area contributed by atoms with Crippen molar-refractivity contribution in [3.63, 3.8) is 0 Å². The minimum atomic E-state index is -0.364. The van der Waals surface area contributed by atoms with Crippen molar-refractivity contribution in [3.05, 3.63) is 38.3 Å². The molecule has 1 saturated carbocycles. The summed E-state index contributed by atoms with van der Waals surface area (Å²) in [7, 11) is 0. The number of nitrogens with zero attached hydrogens (tertiary/aromatic N) is 1. The molecular formula is C16H23BrN2O2. The van der Waals surface area contributed by atoms with Crippen molar-refractivity contribution in [2.24, 2.45) is 5.92 Å². The molecule has 0 bridgehead atoms. The normalized spacial score (nSPS) is 22.2. The van der Waals surface area contributed by atoms with E-state index in [2.05, 4.69) is 28.2 Å². The molecule has 1 N–H and O–H groups in total. The molecule has 1 aliphatic carbocycles. The third-order valence-corrected chi connectivity index (χ3v) is 5.11. The Morgan fingerprint density at radius 2 is 2.05 bits per heavy atom. The molecule has 1 aromatic carbocycles. The first-order valence-corrected chi connectivity index (χ1v) is 8.55. The van der Waals surface area contributed by atoms with Gasteiger partial charge >= 0.3 is 0 Å². The number of nitrogens with one attached hydrogen (secondary N) is 1. The maximum absolute atomic E-state index is 10.7. The molecule has 0 unspecified atom stereocenters. The van der Waals surface area contributed by atoms with Crippen LogP contribution in [0.5, 0.6) is 0 Å². The lowest BCUT2D eigenvalue weighted by molar-refractivity contribution is -0.384. The van der Waals surface area contributed by atoms with Crippen molar-refractivity contribution in [1.82, 2.24) is 5.32 Å². The zero-order valence-corrected chi connectivity index (χ0v) is 14.1. The first-order chi connectivity index (χ1) is 10.1. The molecule has 0 spiro atoms. The summed E-state index contributed by atoms with van der Waals surface area (Å²) >= 11 is 3.43. The lowest BCUT2D eigenvalue weighted by Crippen LogP contribution is -2.32. The van der Waals surface area contributed by atoms with Crippen LogP contribution in [0, 0.1) is 16.0 Å². The van der Waals surface area contributed by atoms with E-state index in [-0.39, 0.29) is 10.6 Å². The second kappa shape index (κ2) is 7.90. The van der Waals surface area contributed by atoms with Gasteiger partial charge < -0.3 is 5.32 Å². The lowest BCUT2D eigenvalue weighted by atomic mass is 9.83. The Labute approximate surface area is 134 Å². The lowest BCUT2D eigenvalue weighted by Gasteiger charge is -2.29. The van der Waals surface area contributed by atoms with Crippen LogP contribution in [-0.4, -0.2) is 11.0 Å². The summed E-state index contributed by atoms with van der Waals surface area (Å²) in [6.45, 7) is 3.03. The zero-order chi connectivity index (χ0) is 15.2. The molecule has 0 aromatic heterocycles. The molecule has 0 atom stereocenters. The maximum Gasteiger partial charge on any atom is 0.270 e. The van der Waals surface area contributed by atoms with Gasteiger partial charge in [-0.3, -0.25) is 10.1 Å². The molecule has 1 fully saturated rings. The molecule has 0 heterocycles. The zero-order valence-electron chi connectivity index (χ0n) is 12.5. The standard InChI is InChI=1S/C16H23BrN2O2/c1-2-3-12-4-7-14(8-5-12)18-11-13-6-9-15(19(20)21)10-16(13)17/h6,9-10,12,14,18H,2-5,7-8,11H2,1H3. The van der Waals surface area contributed by atoms with Crippen molar-refractivity contribution >= 4 is 21.6 Å². The van der Waals surface area contributed by atoms with Crippen molar-refractivity contribution in [3.8, 4) is 0 Å². The van der Waals surface area contributed by atoms with Crippen LogP contribution < -0.4 is 5.32 Å². The van der Waals surface area contributed by atoms with Gasteiger partial charge in [-0.2, -0.15) is 0 Å². The van der Waals surface area contributed by atoms with E-state index in [9.17, 15) is 10.1 Å². The molecule has 1 aliphatic rings. The van der Waals surface area contributed by atoms with Crippen LogP contribution >= 0.6 is 15.9 Å². The Hall–Kier alpha value is -0.940. The van der Waals surface area contributed by atoms with E-state index in [4.69, 9.17) is 0 Å². The number of benzene rings is 1. The van der Waals surface area contributed by atoms with Gasteiger partial charge in [0.25, 0.3) is 5.69 Å². The largest absolute Gasteiger partial charge is 0.310 e. The van der Waals surface area contributed by atoms with E-state index in [1.807, 2.05) is 6.07 Å². The highest BCUT2D eigenvalue weighted by Gasteiger charge is 2.20. The van der Waals surface area contributed by atoms with Crippen LogP contribution in [0.1, 0.15) is 51.0 Å². The quantitative estimate of drug-likeness (QED) is 0.589. The van der Waals surface area contributed by atoms with E-state index >= 15 is 0 Å². The first-order valence-electron chi connectivity index (χ1n) is 7.76. The Morgan fingerprint density at radius 1 is 1.33 bits per heavy atom. The number of nitro groups is 1. The van der Waals surface area contributed by atoms with Gasteiger partial charge in [0.05, 0.1) is 4.92 Å². The molecular weight excluding hydrogens is 332 g/mol. The highest BCUT2D eigenvalue weighted by molar-refractivity contribution is 9.10. The molecule has 4 nitrogen and oxygen atoms in total. The van der Waals surface area contributed by atoms with E-state index in [1.165, 1.54) is 38.5 Å². The van der Waals surface area contributed by atoms with Gasteiger partial charge in [0.1, 0.15) is 0 Å². The fourth-order valence-electron chi connectivity index (χ4n) is 3.11. The van der Waals surface area contributed by atoms with E-state index < -0.39 is 0 Å². The number of hydrogen-bond donors (Lipinski definition) is 1. The fraction of sp³-hybridized carbons (Fsp3) is 0.625. The number of non-ortho nitro benzene ring substituents is 1. The summed E-state index contributed by atoms with van der Waals surface area (Å²) in [5.41, 5.74) is 1.21. The Morgan fingerprint density at radius 3 is 2.62 bits per heavy atom. The third kappa shape index (κ3) is 4.78. The Bertz CT molecular complexity index is 485. The summed E-state index contributed by atoms with van der Waals surface area (Å²) < 4.78 is 0.809. The minimum Gasteiger partial charge on any atom is -0.310 e. The van der Waals surface area contributed by atoms with Crippen LogP contribution in [0.2, 0.25) is 0 Å². The fourth-order valence-corrected chi connectivity index (χ4v) is 3.62. The average molecular weight is 355 g/mol. The van der Waals surface area contributed by atoms with Gasteiger partial charge in [0, 0.05) is 29.2 Å². The summed E-state index contributed by atoms with van der Waals surface area (Å²) in [6.07, 6.45) is 7.80. The number of halogens is 1. The van der Waals surface area contributed by atoms with Gasteiger partial charge in [0.15, 0.2) is 0 Å². The van der Waals surface area contributed by atoms with E-state index in [1.54, 1.807) is 12.1 Å².